The van der Waals surface area contributed by atoms with Crippen molar-refractivity contribution in [2.75, 3.05) is 7.11 Å². The molecule has 0 bridgehead atoms. The molecule has 0 saturated carbocycles. The molecule has 1 heterocycles. The molecule has 1 aromatic heterocycles. The quantitative estimate of drug-likeness (QED) is 0.844. The third-order valence-corrected chi connectivity index (χ3v) is 3.20. The number of carbonyl (C=O) groups excluding carboxylic acids is 1. The summed E-state index contributed by atoms with van der Waals surface area (Å²) in [6, 6.07) is 7.80. The molecular weight excluding hydrogens is 236 g/mol. The highest BCUT2D eigenvalue weighted by Gasteiger charge is 2.11. The van der Waals surface area contributed by atoms with Crippen LogP contribution in [0.3, 0.4) is 0 Å². The minimum atomic E-state index is -0.414. The van der Waals surface area contributed by atoms with Gasteiger partial charge in [0, 0.05) is 17.5 Å². The normalized spacial score (nSPS) is 10.2. The summed E-state index contributed by atoms with van der Waals surface area (Å²) >= 11 is 1.41. The Morgan fingerprint density at radius 3 is 3.06 bits per heavy atom. The molecular formula is C12H12N2O2S. The van der Waals surface area contributed by atoms with Gasteiger partial charge in [-0.05, 0) is 11.6 Å². The van der Waals surface area contributed by atoms with E-state index in [9.17, 15) is 4.79 Å². The van der Waals surface area contributed by atoms with E-state index in [-0.39, 0.29) is 0 Å². The van der Waals surface area contributed by atoms with Crippen LogP contribution in [0.4, 0.5) is 0 Å². The predicted molar refractivity (Wildman–Crippen MR) is 66.8 cm³/mol. The van der Waals surface area contributed by atoms with Gasteiger partial charge in [-0.1, -0.05) is 18.2 Å². The number of ether oxygens (including phenoxy) is 1. The van der Waals surface area contributed by atoms with Crippen LogP contribution in [-0.4, -0.2) is 18.1 Å². The summed E-state index contributed by atoms with van der Waals surface area (Å²) in [5.74, 6) is -0.414. The topological polar surface area (TPSA) is 65.2 Å². The van der Waals surface area contributed by atoms with Gasteiger partial charge in [-0.3, -0.25) is 0 Å². The fraction of sp³-hybridized carbons (Fsp3) is 0.167. The smallest absolute Gasteiger partial charge is 0.357 e. The summed E-state index contributed by atoms with van der Waals surface area (Å²) in [6.07, 6.45) is 0. The first-order valence-electron chi connectivity index (χ1n) is 5.08. The van der Waals surface area contributed by atoms with Crippen LogP contribution in [0.5, 0.6) is 0 Å². The summed E-state index contributed by atoms with van der Waals surface area (Å²) in [6.45, 7) is 0.489. The van der Waals surface area contributed by atoms with Crippen LogP contribution < -0.4 is 5.73 Å². The second kappa shape index (κ2) is 5.07. The number of rotatable bonds is 3. The molecule has 0 amide bonds. The lowest BCUT2D eigenvalue weighted by molar-refractivity contribution is 0.0595. The average molecular weight is 248 g/mol. The molecule has 2 aromatic rings. The van der Waals surface area contributed by atoms with Gasteiger partial charge in [-0.2, -0.15) is 0 Å². The number of nitrogens with zero attached hydrogens (tertiary/aromatic N) is 1. The van der Waals surface area contributed by atoms with Crippen molar-refractivity contribution in [1.82, 2.24) is 4.98 Å². The Labute approximate surface area is 103 Å². The molecule has 0 atom stereocenters. The molecule has 0 aliphatic rings. The molecule has 0 aliphatic carbocycles. The van der Waals surface area contributed by atoms with Crippen molar-refractivity contribution in [1.29, 1.82) is 0 Å². The zero-order valence-corrected chi connectivity index (χ0v) is 10.2. The molecule has 0 spiro atoms. The van der Waals surface area contributed by atoms with Crippen LogP contribution in [0.25, 0.3) is 10.6 Å². The Hall–Kier alpha value is -1.72. The summed E-state index contributed by atoms with van der Waals surface area (Å²) in [5, 5.41) is 2.48. The third kappa shape index (κ3) is 2.51. The fourth-order valence-corrected chi connectivity index (χ4v) is 2.22. The minimum absolute atomic E-state index is 0.339. The lowest BCUT2D eigenvalue weighted by Crippen LogP contribution is -2.01. The molecule has 17 heavy (non-hydrogen) atoms. The number of carbonyl (C=O) groups is 1. The molecule has 0 saturated heterocycles. The molecule has 2 rings (SSSR count). The van der Waals surface area contributed by atoms with E-state index < -0.39 is 5.97 Å². The van der Waals surface area contributed by atoms with E-state index in [1.807, 2.05) is 24.3 Å². The Kier molecular flexibility index (Phi) is 3.51. The first kappa shape index (κ1) is 11.8. The summed E-state index contributed by atoms with van der Waals surface area (Å²) in [7, 11) is 1.34. The van der Waals surface area contributed by atoms with Crippen molar-refractivity contribution < 1.29 is 9.53 Å². The summed E-state index contributed by atoms with van der Waals surface area (Å²) in [4.78, 5) is 15.5. The highest BCUT2D eigenvalue weighted by molar-refractivity contribution is 7.13. The third-order valence-electron chi connectivity index (χ3n) is 2.31. The van der Waals surface area contributed by atoms with Gasteiger partial charge in [0.05, 0.1) is 7.11 Å². The van der Waals surface area contributed by atoms with Crippen LogP contribution in [-0.2, 0) is 11.3 Å². The van der Waals surface area contributed by atoms with Crippen LogP contribution >= 0.6 is 11.3 Å². The van der Waals surface area contributed by atoms with Crippen molar-refractivity contribution in [3.63, 3.8) is 0 Å². The second-order valence-electron chi connectivity index (χ2n) is 3.43. The highest BCUT2D eigenvalue weighted by atomic mass is 32.1. The molecule has 5 heteroatoms. The number of nitrogens with two attached hydrogens (primary N) is 1. The molecule has 1 aromatic carbocycles. The first-order chi connectivity index (χ1) is 8.24. The molecule has 2 N–H and O–H groups in total. The SMILES string of the molecule is COC(=O)c1csc(-c2cccc(CN)c2)n1. The zero-order valence-electron chi connectivity index (χ0n) is 9.34. The maximum Gasteiger partial charge on any atom is 0.357 e. The van der Waals surface area contributed by atoms with E-state index in [0.29, 0.717) is 12.2 Å². The van der Waals surface area contributed by atoms with Gasteiger partial charge < -0.3 is 10.5 Å². The summed E-state index contributed by atoms with van der Waals surface area (Å²) in [5.41, 5.74) is 7.92. The van der Waals surface area contributed by atoms with E-state index in [1.165, 1.54) is 18.4 Å². The minimum Gasteiger partial charge on any atom is -0.464 e. The van der Waals surface area contributed by atoms with Gasteiger partial charge in [-0.25, -0.2) is 9.78 Å². The summed E-state index contributed by atoms with van der Waals surface area (Å²) < 4.78 is 4.62. The molecule has 0 radical (unpaired) electrons. The van der Waals surface area contributed by atoms with Gasteiger partial charge in [0.1, 0.15) is 5.01 Å². The standard InChI is InChI=1S/C12H12N2O2S/c1-16-12(15)10-7-17-11(14-10)9-4-2-3-8(5-9)6-13/h2-5,7H,6,13H2,1H3. The molecule has 0 fully saturated rings. The van der Waals surface area contributed by atoms with E-state index in [4.69, 9.17) is 5.73 Å². The number of hydrogen-bond acceptors (Lipinski definition) is 5. The number of methoxy groups -OCH3 is 1. The van der Waals surface area contributed by atoms with Gasteiger partial charge in [0.2, 0.25) is 0 Å². The number of aromatic nitrogens is 1. The van der Waals surface area contributed by atoms with Crippen LogP contribution in [0, 0.1) is 0 Å². The Morgan fingerprint density at radius 1 is 1.53 bits per heavy atom. The number of esters is 1. The molecule has 4 nitrogen and oxygen atoms in total. The largest absolute Gasteiger partial charge is 0.464 e. The molecule has 0 unspecified atom stereocenters. The Balaban J connectivity index is 2.33. The Morgan fingerprint density at radius 2 is 2.35 bits per heavy atom. The van der Waals surface area contributed by atoms with Crippen molar-refractivity contribution in [2.45, 2.75) is 6.54 Å². The van der Waals surface area contributed by atoms with Crippen molar-refractivity contribution in [3.8, 4) is 10.6 Å². The maximum atomic E-state index is 11.3. The number of thiazole rings is 1. The van der Waals surface area contributed by atoms with Gasteiger partial charge in [0.25, 0.3) is 0 Å². The maximum absolute atomic E-state index is 11.3. The lowest BCUT2D eigenvalue weighted by atomic mass is 10.1. The van der Waals surface area contributed by atoms with Crippen molar-refractivity contribution >= 4 is 17.3 Å². The average Bonchev–Trinajstić information content (AvgIpc) is 2.87. The van der Waals surface area contributed by atoms with E-state index in [1.54, 1.807) is 5.38 Å². The predicted octanol–water partition coefficient (Wildman–Crippen LogP) is 2.06. The van der Waals surface area contributed by atoms with Crippen molar-refractivity contribution in [2.24, 2.45) is 5.73 Å². The second-order valence-corrected chi connectivity index (χ2v) is 4.29. The fourth-order valence-electron chi connectivity index (χ4n) is 1.44. The number of benzene rings is 1. The highest BCUT2D eigenvalue weighted by Crippen LogP contribution is 2.24. The Bertz CT molecular complexity index is 537. The van der Waals surface area contributed by atoms with E-state index in [0.717, 1.165) is 16.1 Å². The van der Waals surface area contributed by atoms with E-state index >= 15 is 0 Å². The first-order valence-corrected chi connectivity index (χ1v) is 5.96. The van der Waals surface area contributed by atoms with Crippen molar-refractivity contribution in [3.05, 3.63) is 40.9 Å². The molecule has 88 valence electrons. The van der Waals surface area contributed by atoms with E-state index in [2.05, 4.69) is 9.72 Å². The van der Waals surface area contributed by atoms with Gasteiger partial charge in [-0.15, -0.1) is 11.3 Å². The monoisotopic (exact) mass is 248 g/mol. The zero-order chi connectivity index (χ0) is 12.3. The number of hydrogen-bond donors (Lipinski definition) is 1. The lowest BCUT2D eigenvalue weighted by Gasteiger charge is -1.99. The van der Waals surface area contributed by atoms with Gasteiger partial charge >= 0.3 is 5.97 Å². The van der Waals surface area contributed by atoms with Crippen LogP contribution in [0.2, 0.25) is 0 Å². The van der Waals surface area contributed by atoms with Crippen LogP contribution in [0.1, 0.15) is 16.1 Å². The van der Waals surface area contributed by atoms with Crippen LogP contribution in [0.15, 0.2) is 29.6 Å². The molecule has 0 aliphatic heterocycles. The van der Waals surface area contributed by atoms with Gasteiger partial charge in [0.15, 0.2) is 5.69 Å².